The minimum absolute atomic E-state index is 0.194. The molecule has 1 aliphatic heterocycles. The summed E-state index contributed by atoms with van der Waals surface area (Å²) in [6, 6.07) is -0.301. The first-order valence-corrected chi connectivity index (χ1v) is 5.67. The van der Waals surface area contributed by atoms with Gasteiger partial charge in [0.2, 0.25) is 0 Å². The van der Waals surface area contributed by atoms with E-state index < -0.39 is 13.0 Å². The van der Waals surface area contributed by atoms with Gasteiger partial charge in [0, 0.05) is 26.2 Å². The number of carbonyl (C=O) groups is 1. The first-order chi connectivity index (χ1) is 7.65. The number of hydrogen-bond donors (Lipinski definition) is 1. The van der Waals surface area contributed by atoms with Crippen molar-refractivity contribution in [3.63, 3.8) is 0 Å². The van der Waals surface area contributed by atoms with Gasteiger partial charge in [0.25, 0.3) is 6.43 Å². The van der Waals surface area contributed by atoms with Crippen LogP contribution in [-0.2, 0) is 0 Å². The zero-order valence-electron chi connectivity index (χ0n) is 9.37. The van der Waals surface area contributed by atoms with Gasteiger partial charge in [-0.05, 0) is 19.3 Å². The molecular weight excluding hydrogens is 216 g/mol. The Balaban J connectivity index is 2.50. The number of nitrogens with zero attached hydrogens (tertiary/aromatic N) is 2. The summed E-state index contributed by atoms with van der Waals surface area (Å²) >= 11 is 0. The van der Waals surface area contributed by atoms with Crippen LogP contribution < -0.4 is 5.73 Å². The van der Waals surface area contributed by atoms with Crippen molar-refractivity contribution in [2.45, 2.75) is 25.7 Å². The third-order valence-corrected chi connectivity index (χ3v) is 2.65. The van der Waals surface area contributed by atoms with E-state index >= 15 is 0 Å². The van der Waals surface area contributed by atoms with E-state index in [2.05, 4.69) is 0 Å². The van der Waals surface area contributed by atoms with Crippen molar-refractivity contribution in [2.24, 2.45) is 5.73 Å². The lowest BCUT2D eigenvalue weighted by Gasteiger charge is -2.32. The number of likely N-dealkylation sites (tertiary alicyclic amines) is 1. The highest BCUT2D eigenvalue weighted by Crippen LogP contribution is 2.12. The lowest BCUT2D eigenvalue weighted by atomic mass is 10.1. The molecule has 0 saturated carbocycles. The third-order valence-electron chi connectivity index (χ3n) is 2.65. The van der Waals surface area contributed by atoms with Gasteiger partial charge in [-0.1, -0.05) is 0 Å². The van der Waals surface area contributed by atoms with Crippen LogP contribution in [0.1, 0.15) is 19.3 Å². The normalized spacial score (nSPS) is 16.6. The van der Waals surface area contributed by atoms with Gasteiger partial charge in [-0.3, -0.25) is 0 Å². The van der Waals surface area contributed by atoms with Crippen LogP contribution in [0, 0.1) is 0 Å². The van der Waals surface area contributed by atoms with Gasteiger partial charge in [0.15, 0.2) is 0 Å². The maximum atomic E-state index is 12.3. The molecule has 0 atom stereocenters. The summed E-state index contributed by atoms with van der Waals surface area (Å²) in [5.74, 6) is 0. The molecule has 0 bridgehead atoms. The maximum absolute atomic E-state index is 12.3. The van der Waals surface area contributed by atoms with Gasteiger partial charge in [-0.2, -0.15) is 0 Å². The standard InChI is InChI=1S/C10H19F2N3O/c11-9(12)8-15(7-4-13)10(16)14-5-2-1-3-6-14/h9H,1-8,13H2. The molecule has 1 rings (SSSR count). The van der Waals surface area contributed by atoms with E-state index in [-0.39, 0.29) is 19.1 Å². The number of halogens is 2. The Labute approximate surface area is 94.4 Å². The molecule has 1 aliphatic rings. The molecule has 2 amide bonds. The van der Waals surface area contributed by atoms with Crippen LogP contribution in [0.2, 0.25) is 0 Å². The smallest absolute Gasteiger partial charge is 0.320 e. The first kappa shape index (κ1) is 13.2. The fraction of sp³-hybridized carbons (Fsp3) is 0.900. The SMILES string of the molecule is NCCN(CC(F)F)C(=O)N1CCCCC1. The van der Waals surface area contributed by atoms with E-state index in [0.717, 1.165) is 24.2 Å². The average molecular weight is 235 g/mol. The molecule has 0 aromatic carbocycles. The van der Waals surface area contributed by atoms with Crippen molar-refractivity contribution in [2.75, 3.05) is 32.7 Å². The summed E-state index contributed by atoms with van der Waals surface area (Å²) in [5.41, 5.74) is 5.32. The second kappa shape index (κ2) is 6.62. The molecule has 0 aromatic rings. The molecule has 0 unspecified atom stereocenters. The molecular formula is C10H19F2N3O. The van der Waals surface area contributed by atoms with Crippen LogP contribution in [0.15, 0.2) is 0 Å². The minimum Gasteiger partial charge on any atom is -0.329 e. The van der Waals surface area contributed by atoms with Crippen LogP contribution in [-0.4, -0.2) is 55.0 Å². The van der Waals surface area contributed by atoms with Gasteiger partial charge in [-0.15, -0.1) is 0 Å². The number of nitrogens with two attached hydrogens (primary N) is 1. The second-order valence-electron chi connectivity index (χ2n) is 3.96. The van der Waals surface area contributed by atoms with Crippen molar-refractivity contribution in [1.82, 2.24) is 9.80 Å². The molecule has 16 heavy (non-hydrogen) atoms. The van der Waals surface area contributed by atoms with Crippen molar-refractivity contribution in [3.05, 3.63) is 0 Å². The van der Waals surface area contributed by atoms with E-state index in [1.54, 1.807) is 4.90 Å². The first-order valence-electron chi connectivity index (χ1n) is 5.67. The second-order valence-corrected chi connectivity index (χ2v) is 3.96. The molecule has 2 N–H and O–H groups in total. The summed E-state index contributed by atoms with van der Waals surface area (Å²) in [4.78, 5) is 14.7. The Morgan fingerprint density at radius 1 is 1.31 bits per heavy atom. The predicted molar refractivity (Wildman–Crippen MR) is 57.5 cm³/mol. The van der Waals surface area contributed by atoms with E-state index in [1.165, 1.54) is 0 Å². The molecule has 0 aliphatic carbocycles. The van der Waals surface area contributed by atoms with Crippen LogP contribution in [0.5, 0.6) is 0 Å². The highest BCUT2D eigenvalue weighted by atomic mass is 19.3. The molecule has 0 spiro atoms. The van der Waals surface area contributed by atoms with Gasteiger partial charge < -0.3 is 15.5 Å². The number of alkyl halides is 2. The molecule has 0 aromatic heterocycles. The molecule has 0 radical (unpaired) electrons. The van der Waals surface area contributed by atoms with Crippen molar-refractivity contribution >= 4 is 6.03 Å². The zero-order chi connectivity index (χ0) is 12.0. The number of rotatable bonds is 4. The highest BCUT2D eigenvalue weighted by molar-refractivity contribution is 5.74. The van der Waals surface area contributed by atoms with Crippen LogP contribution >= 0.6 is 0 Å². The topological polar surface area (TPSA) is 49.6 Å². The Hall–Kier alpha value is -0.910. The summed E-state index contributed by atoms with van der Waals surface area (Å²) < 4.78 is 24.6. The molecule has 6 heteroatoms. The molecule has 1 saturated heterocycles. The van der Waals surface area contributed by atoms with Gasteiger partial charge in [0.05, 0.1) is 6.54 Å². The number of hydrogen-bond acceptors (Lipinski definition) is 2. The lowest BCUT2D eigenvalue weighted by molar-refractivity contribution is 0.0832. The molecule has 1 heterocycles. The zero-order valence-corrected chi connectivity index (χ0v) is 9.37. The minimum atomic E-state index is -2.50. The average Bonchev–Trinajstić information content (AvgIpc) is 2.28. The Bertz CT molecular complexity index is 220. The van der Waals surface area contributed by atoms with E-state index in [1.807, 2.05) is 0 Å². The highest BCUT2D eigenvalue weighted by Gasteiger charge is 2.24. The third kappa shape index (κ3) is 3.92. The van der Waals surface area contributed by atoms with E-state index in [0.29, 0.717) is 13.1 Å². The van der Waals surface area contributed by atoms with Gasteiger partial charge in [-0.25, -0.2) is 13.6 Å². The van der Waals surface area contributed by atoms with E-state index in [9.17, 15) is 13.6 Å². The fourth-order valence-corrected chi connectivity index (χ4v) is 1.87. The lowest BCUT2D eigenvalue weighted by Crippen LogP contribution is -2.48. The summed E-state index contributed by atoms with van der Waals surface area (Å²) in [6.07, 6.45) is 0.517. The molecule has 4 nitrogen and oxygen atoms in total. The van der Waals surface area contributed by atoms with Crippen molar-refractivity contribution in [3.8, 4) is 0 Å². The van der Waals surface area contributed by atoms with E-state index in [4.69, 9.17) is 5.73 Å². The Morgan fingerprint density at radius 2 is 1.94 bits per heavy atom. The number of carbonyl (C=O) groups excluding carboxylic acids is 1. The number of amides is 2. The fourth-order valence-electron chi connectivity index (χ4n) is 1.87. The monoisotopic (exact) mass is 235 g/mol. The molecule has 94 valence electrons. The largest absolute Gasteiger partial charge is 0.329 e. The Morgan fingerprint density at radius 3 is 2.44 bits per heavy atom. The molecule has 1 fully saturated rings. The van der Waals surface area contributed by atoms with Gasteiger partial charge >= 0.3 is 6.03 Å². The Kier molecular flexibility index (Phi) is 5.45. The van der Waals surface area contributed by atoms with Crippen LogP contribution in [0.25, 0.3) is 0 Å². The quantitative estimate of drug-likeness (QED) is 0.793. The number of piperidine rings is 1. The summed E-state index contributed by atoms with van der Waals surface area (Å²) in [6.45, 7) is 1.23. The summed E-state index contributed by atoms with van der Waals surface area (Å²) in [5, 5.41) is 0. The van der Waals surface area contributed by atoms with Crippen LogP contribution in [0.3, 0.4) is 0 Å². The predicted octanol–water partition coefficient (Wildman–Crippen LogP) is 1.12. The van der Waals surface area contributed by atoms with Crippen LogP contribution in [0.4, 0.5) is 13.6 Å². The number of urea groups is 1. The van der Waals surface area contributed by atoms with Gasteiger partial charge in [0.1, 0.15) is 0 Å². The summed E-state index contributed by atoms with van der Waals surface area (Å²) in [7, 11) is 0. The maximum Gasteiger partial charge on any atom is 0.320 e. The van der Waals surface area contributed by atoms with Crippen molar-refractivity contribution in [1.29, 1.82) is 0 Å². The van der Waals surface area contributed by atoms with Crippen molar-refractivity contribution < 1.29 is 13.6 Å².